The van der Waals surface area contributed by atoms with Crippen LogP contribution in [0.4, 0.5) is 0 Å². The summed E-state index contributed by atoms with van der Waals surface area (Å²) in [5.41, 5.74) is -0.903. The van der Waals surface area contributed by atoms with Crippen molar-refractivity contribution in [1.29, 1.82) is 0 Å². The maximum atomic E-state index is 11.0. The largest absolute Gasteiger partial charge is 0.481 e. The van der Waals surface area contributed by atoms with Crippen LogP contribution in [0.25, 0.3) is 0 Å². The topological polar surface area (TPSA) is 37.3 Å². The molecule has 0 aliphatic heterocycles. The Morgan fingerprint density at radius 2 is 1.75 bits per heavy atom. The number of carboxylic acids is 1. The Morgan fingerprint density at radius 3 is 1.75 bits per heavy atom. The highest BCUT2D eigenvalue weighted by molar-refractivity contribution is 9.13. The van der Waals surface area contributed by atoms with Crippen LogP contribution in [0.1, 0.15) is 13.8 Å². The average molecular weight is 298 g/mol. The molecule has 0 aromatic carbocycles. The van der Waals surface area contributed by atoms with Gasteiger partial charge in [-0.05, 0) is 13.8 Å². The van der Waals surface area contributed by atoms with Crippen LogP contribution in [-0.4, -0.2) is 19.7 Å². The van der Waals surface area contributed by atoms with Crippen LogP contribution >= 0.6 is 31.9 Å². The molecule has 1 fully saturated rings. The lowest BCUT2D eigenvalue weighted by molar-refractivity contribution is -0.141. The second-order valence-corrected chi connectivity index (χ2v) is 6.50. The predicted octanol–water partition coefficient (Wildman–Crippen LogP) is 2.56. The number of carboxylic acid groups (broad SMARTS) is 1. The first-order valence-corrected chi connectivity index (χ1v) is 5.09. The van der Waals surface area contributed by atoms with E-state index in [2.05, 4.69) is 38.4 Å². The SMILES string of the molecule is C=CC1(C(=O)O)C(C)(Br)C1(C)Br. The van der Waals surface area contributed by atoms with E-state index in [1.54, 1.807) is 0 Å². The van der Waals surface area contributed by atoms with Crippen LogP contribution in [0.15, 0.2) is 12.7 Å². The number of hydrogen-bond acceptors (Lipinski definition) is 1. The summed E-state index contributed by atoms with van der Waals surface area (Å²) >= 11 is 6.79. The maximum absolute atomic E-state index is 11.0. The van der Waals surface area contributed by atoms with Gasteiger partial charge in [0.05, 0.1) is 8.65 Å². The Morgan fingerprint density at radius 1 is 1.42 bits per heavy atom. The first-order valence-electron chi connectivity index (χ1n) is 3.50. The van der Waals surface area contributed by atoms with Gasteiger partial charge in [-0.2, -0.15) is 0 Å². The van der Waals surface area contributed by atoms with E-state index in [4.69, 9.17) is 5.11 Å². The predicted molar refractivity (Wildman–Crippen MR) is 54.9 cm³/mol. The third-order valence-electron chi connectivity index (χ3n) is 2.94. The van der Waals surface area contributed by atoms with Crippen molar-refractivity contribution in [2.24, 2.45) is 5.41 Å². The Hall–Kier alpha value is 0.170. The molecule has 4 heteroatoms. The van der Waals surface area contributed by atoms with Gasteiger partial charge in [0.2, 0.25) is 0 Å². The van der Waals surface area contributed by atoms with Gasteiger partial charge in [0.25, 0.3) is 0 Å². The molecule has 1 saturated carbocycles. The van der Waals surface area contributed by atoms with Crippen molar-refractivity contribution in [3.63, 3.8) is 0 Å². The van der Waals surface area contributed by atoms with Crippen LogP contribution in [0.5, 0.6) is 0 Å². The van der Waals surface area contributed by atoms with Crippen LogP contribution in [-0.2, 0) is 4.79 Å². The Kier molecular flexibility index (Phi) is 2.01. The first-order chi connectivity index (χ1) is 5.25. The fourth-order valence-electron chi connectivity index (χ4n) is 1.72. The van der Waals surface area contributed by atoms with Gasteiger partial charge in [0.15, 0.2) is 0 Å². The molecule has 2 unspecified atom stereocenters. The smallest absolute Gasteiger partial charge is 0.316 e. The minimum atomic E-state index is -0.903. The molecule has 0 bridgehead atoms. The second kappa shape index (κ2) is 2.35. The molecule has 0 spiro atoms. The Bertz CT molecular complexity index is 242. The average Bonchev–Trinajstić information content (AvgIpc) is 2.21. The molecule has 0 saturated heterocycles. The molecule has 1 aliphatic carbocycles. The molecule has 1 rings (SSSR count). The lowest BCUT2D eigenvalue weighted by Gasteiger charge is -2.07. The molecule has 2 atom stereocenters. The van der Waals surface area contributed by atoms with Gasteiger partial charge < -0.3 is 5.11 Å². The lowest BCUT2D eigenvalue weighted by Crippen LogP contribution is -2.21. The number of aliphatic carboxylic acids is 1. The highest BCUT2D eigenvalue weighted by Crippen LogP contribution is 2.75. The standard InChI is InChI=1S/C8H10Br2O2/c1-4-8(5(11)12)6(2,9)7(8,3)10/h4H,1H2,2-3H3,(H,11,12). The first kappa shape index (κ1) is 10.3. The molecule has 1 N–H and O–H groups in total. The van der Waals surface area contributed by atoms with Crippen molar-refractivity contribution < 1.29 is 9.90 Å². The van der Waals surface area contributed by atoms with Crippen LogP contribution in [0, 0.1) is 5.41 Å². The molecule has 2 nitrogen and oxygen atoms in total. The molecule has 0 aromatic rings. The number of alkyl halides is 2. The van der Waals surface area contributed by atoms with Gasteiger partial charge in [-0.3, -0.25) is 4.79 Å². The van der Waals surface area contributed by atoms with Crippen molar-refractivity contribution in [1.82, 2.24) is 0 Å². The maximum Gasteiger partial charge on any atom is 0.316 e. The van der Waals surface area contributed by atoms with Gasteiger partial charge in [0.1, 0.15) is 5.41 Å². The van der Waals surface area contributed by atoms with E-state index in [1.165, 1.54) is 6.08 Å². The van der Waals surface area contributed by atoms with Gasteiger partial charge >= 0.3 is 5.97 Å². The number of hydrogen-bond donors (Lipinski definition) is 1. The van der Waals surface area contributed by atoms with Crippen molar-refractivity contribution in [2.45, 2.75) is 22.5 Å². The number of rotatable bonds is 2. The summed E-state index contributed by atoms with van der Waals surface area (Å²) in [6.45, 7) is 7.26. The van der Waals surface area contributed by atoms with E-state index in [0.29, 0.717) is 0 Å². The van der Waals surface area contributed by atoms with Crippen molar-refractivity contribution in [2.75, 3.05) is 0 Å². The fourth-order valence-corrected chi connectivity index (χ4v) is 3.87. The summed E-state index contributed by atoms with van der Waals surface area (Å²) in [7, 11) is 0. The Labute approximate surface area is 88.3 Å². The van der Waals surface area contributed by atoms with Gasteiger partial charge in [-0.1, -0.05) is 37.9 Å². The third kappa shape index (κ3) is 0.732. The Balaban J connectivity index is 3.20. The summed E-state index contributed by atoms with van der Waals surface area (Å²) in [5.74, 6) is -0.851. The molecular weight excluding hydrogens is 288 g/mol. The number of halogens is 2. The summed E-state index contributed by atoms with van der Waals surface area (Å²) in [6, 6.07) is 0. The van der Waals surface area contributed by atoms with Crippen LogP contribution < -0.4 is 0 Å². The minimum Gasteiger partial charge on any atom is -0.481 e. The summed E-state index contributed by atoms with van der Waals surface area (Å²) < 4.78 is -0.916. The second-order valence-electron chi connectivity index (χ2n) is 3.32. The summed E-state index contributed by atoms with van der Waals surface area (Å²) in [4.78, 5) is 11.0. The van der Waals surface area contributed by atoms with E-state index in [0.717, 1.165) is 0 Å². The molecule has 68 valence electrons. The highest BCUT2D eigenvalue weighted by Gasteiger charge is 2.83. The monoisotopic (exact) mass is 296 g/mol. The van der Waals surface area contributed by atoms with E-state index in [9.17, 15) is 4.79 Å². The normalized spacial score (nSPS) is 51.7. The third-order valence-corrected chi connectivity index (χ3v) is 6.31. The summed E-state index contributed by atoms with van der Waals surface area (Å²) in [5, 5.41) is 9.04. The van der Waals surface area contributed by atoms with Crippen molar-refractivity contribution in [3.05, 3.63) is 12.7 Å². The minimum absolute atomic E-state index is 0.458. The molecule has 0 heterocycles. The highest BCUT2D eigenvalue weighted by atomic mass is 79.9. The summed E-state index contributed by atoms with van der Waals surface area (Å²) in [6.07, 6.45) is 1.48. The van der Waals surface area contributed by atoms with Crippen molar-refractivity contribution >= 4 is 37.8 Å². The van der Waals surface area contributed by atoms with E-state index < -0.39 is 20.0 Å². The van der Waals surface area contributed by atoms with Gasteiger partial charge in [0, 0.05) is 0 Å². The van der Waals surface area contributed by atoms with Crippen LogP contribution in [0.3, 0.4) is 0 Å². The lowest BCUT2D eigenvalue weighted by atomic mass is 10.0. The molecule has 0 amide bonds. The van der Waals surface area contributed by atoms with Gasteiger partial charge in [-0.25, -0.2) is 0 Å². The molecule has 1 aliphatic rings. The fraction of sp³-hybridized carbons (Fsp3) is 0.625. The molecule has 12 heavy (non-hydrogen) atoms. The molecular formula is C8H10Br2O2. The quantitative estimate of drug-likeness (QED) is 0.628. The zero-order chi connectivity index (χ0) is 9.78. The van der Waals surface area contributed by atoms with E-state index >= 15 is 0 Å². The van der Waals surface area contributed by atoms with Crippen molar-refractivity contribution in [3.8, 4) is 0 Å². The zero-order valence-corrected chi connectivity index (χ0v) is 10.1. The molecule has 0 radical (unpaired) electrons. The van der Waals surface area contributed by atoms with Crippen LogP contribution in [0.2, 0.25) is 0 Å². The van der Waals surface area contributed by atoms with E-state index in [-0.39, 0.29) is 0 Å². The zero-order valence-electron chi connectivity index (χ0n) is 6.90. The van der Waals surface area contributed by atoms with Gasteiger partial charge in [-0.15, -0.1) is 6.58 Å². The van der Waals surface area contributed by atoms with E-state index in [1.807, 2.05) is 13.8 Å². The molecule has 0 aromatic heterocycles. The number of carbonyl (C=O) groups is 1.